The number of urea groups is 1. The number of phenolic OH excluding ortho intramolecular Hbond substituents is 1. The fourth-order valence-corrected chi connectivity index (χ4v) is 6.39. The number of aromatic nitrogens is 5. The fraction of sp³-hybridized carbons (Fsp3) is 0.382. The maximum absolute atomic E-state index is 12.7. The van der Waals surface area contributed by atoms with Crippen molar-refractivity contribution in [1.82, 2.24) is 35.3 Å². The molecule has 7 rings (SSSR count). The molecule has 17 nitrogen and oxygen atoms in total. The van der Waals surface area contributed by atoms with E-state index in [9.17, 15) is 30.3 Å². The molecule has 0 spiro atoms. The van der Waals surface area contributed by atoms with Crippen molar-refractivity contribution >= 4 is 29.0 Å². The van der Waals surface area contributed by atoms with Crippen molar-refractivity contribution in [2.75, 3.05) is 29.9 Å². The Kier molecular flexibility index (Phi) is 9.96. The van der Waals surface area contributed by atoms with Gasteiger partial charge >= 0.3 is 6.03 Å². The maximum Gasteiger partial charge on any atom is 0.315 e. The second kappa shape index (κ2) is 14.9. The number of benzene rings is 2. The third-order valence-corrected chi connectivity index (χ3v) is 9.00. The van der Waals surface area contributed by atoms with E-state index >= 15 is 0 Å². The summed E-state index contributed by atoms with van der Waals surface area (Å²) in [5.41, 5.74) is 2.67. The van der Waals surface area contributed by atoms with Crippen LogP contribution in [-0.2, 0) is 24.3 Å². The highest BCUT2D eigenvalue weighted by atomic mass is 16.6. The molecule has 2 aliphatic rings. The predicted octanol–water partition coefficient (Wildman–Crippen LogP) is 1.10. The molecule has 17 heteroatoms. The number of fused-ring (bicyclic) bond motifs is 1. The van der Waals surface area contributed by atoms with Gasteiger partial charge in [0, 0.05) is 31.7 Å². The van der Waals surface area contributed by atoms with Gasteiger partial charge in [-0.15, -0.1) is 0 Å². The number of phenols is 1. The molecule has 51 heavy (non-hydrogen) atoms. The monoisotopic (exact) mass is 701 g/mol. The van der Waals surface area contributed by atoms with E-state index in [4.69, 9.17) is 19.2 Å². The average molecular weight is 702 g/mol. The number of carbonyl (C=O) groups excluding carboxylic acids is 1. The zero-order chi connectivity index (χ0) is 35.5. The second-order valence-corrected chi connectivity index (χ2v) is 12.6. The van der Waals surface area contributed by atoms with Gasteiger partial charge in [0.2, 0.25) is 5.95 Å². The van der Waals surface area contributed by atoms with Gasteiger partial charge in [-0.1, -0.05) is 47.6 Å². The van der Waals surface area contributed by atoms with Crippen molar-refractivity contribution in [3.05, 3.63) is 89.6 Å². The molecule has 5 heterocycles. The molecule has 2 aliphatic heterocycles. The molecule has 5 aromatic rings. The van der Waals surface area contributed by atoms with E-state index in [0.717, 1.165) is 11.1 Å². The topological polar surface area (TPSA) is 236 Å². The van der Waals surface area contributed by atoms with Crippen LogP contribution >= 0.6 is 0 Å². The van der Waals surface area contributed by atoms with E-state index in [1.165, 1.54) is 17.0 Å². The summed E-state index contributed by atoms with van der Waals surface area (Å²) in [5.74, 6) is 0.926. The van der Waals surface area contributed by atoms with Gasteiger partial charge < -0.3 is 55.6 Å². The van der Waals surface area contributed by atoms with Gasteiger partial charge in [-0.3, -0.25) is 4.57 Å². The summed E-state index contributed by atoms with van der Waals surface area (Å²) in [6, 6.07) is 16.8. The van der Waals surface area contributed by atoms with Crippen LogP contribution in [0.1, 0.15) is 41.3 Å². The highest BCUT2D eigenvalue weighted by Crippen LogP contribution is 2.40. The Morgan fingerprint density at radius 3 is 2.61 bits per heavy atom. The number of amides is 2. The molecule has 0 saturated carbocycles. The summed E-state index contributed by atoms with van der Waals surface area (Å²) in [6.45, 7) is 0.596. The van der Waals surface area contributed by atoms with Crippen LogP contribution in [0.4, 0.5) is 16.6 Å². The number of imidazole rings is 1. The SMILES string of the molecule is O=C(NCc1cccc(O)c1)N[C@@H]1CCN(c2nc(N[C@H](CO)Cc3ccccc3)c3ncn([C@@H]4O[C@H](c5cc(CO)no5)[C@@H](O)[C@H]4O)c3n2)C1. The van der Waals surface area contributed by atoms with Crippen molar-refractivity contribution < 1.29 is 39.6 Å². The minimum Gasteiger partial charge on any atom is -0.508 e. The molecule has 0 aliphatic carbocycles. The van der Waals surface area contributed by atoms with E-state index in [1.54, 1.807) is 24.3 Å². The number of aromatic hydroxyl groups is 1. The Morgan fingerprint density at radius 1 is 1.02 bits per heavy atom. The average Bonchev–Trinajstić information content (AvgIpc) is 3.95. The van der Waals surface area contributed by atoms with Gasteiger partial charge in [0.1, 0.15) is 29.8 Å². The number of nitrogens with zero attached hydrogens (tertiary/aromatic N) is 6. The number of rotatable bonds is 12. The molecule has 0 radical (unpaired) electrons. The van der Waals surface area contributed by atoms with Gasteiger partial charge in [0.05, 0.1) is 25.6 Å². The summed E-state index contributed by atoms with van der Waals surface area (Å²) in [4.78, 5) is 28.9. The van der Waals surface area contributed by atoms with Gasteiger partial charge in [0.15, 0.2) is 29.0 Å². The van der Waals surface area contributed by atoms with Crippen LogP contribution in [0.3, 0.4) is 0 Å². The zero-order valence-electron chi connectivity index (χ0n) is 27.4. The van der Waals surface area contributed by atoms with Gasteiger partial charge in [-0.05, 0) is 36.1 Å². The lowest BCUT2D eigenvalue weighted by molar-refractivity contribution is -0.0434. The Balaban J connectivity index is 1.14. The number of aliphatic hydroxyl groups excluding tert-OH is 4. The second-order valence-electron chi connectivity index (χ2n) is 12.6. The van der Waals surface area contributed by atoms with Gasteiger partial charge in [-0.2, -0.15) is 9.97 Å². The minimum absolute atomic E-state index is 0.121. The summed E-state index contributed by atoms with van der Waals surface area (Å²) < 4.78 is 12.9. The quantitative estimate of drug-likeness (QED) is 0.0910. The van der Waals surface area contributed by atoms with E-state index in [0.29, 0.717) is 48.9 Å². The molecular formula is C34H39N9O8. The first-order valence-corrected chi connectivity index (χ1v) is 16.6. The van der Waals surface area contributed by atoms with Crippen molar-refractivity contribution in [2.45, 2.75) is 62.6 Å². The predicted molar refractivity (Wildman–Crippen MR) is 181 cm³/mol. The minimum atomic E-state index is -1.41. The van der Waals surface area contributed by atoms with Crippen LogP contribution in [0.15, 0.2) is 71.5 Å². The number of nitrogens with one attached hydrogen (secondary N) is 3. The lowest BCUT2D eigenvalue weighted by Crippen LogP contribution is -2.43. The molecule has 2 amide bonds. The number of anilines is 2. The van der Waals surface area contributed by atoms with Gasteiger partial charge in [0.25, 0.3) is 0 Å². The van der Waals surface area contributed by atoms with E-state index in [-0.39, 0.29) is 49.0 Å². The number of carbonyl (C=O) groups is 1. The van der Waals surface area contributed by atoms with Crippen molar-refractivity contribution in [3.8, 4) is 5.75 Å². The standard InChI is InChI=1S/C34H39N9O8/c44-16-22(11-19-5-2-1-3-6-19)37-30-26-31(43(18-36-26)32-28(48)27(47)29(50-32)25-13-23(17-45)41-51-25)40-33(39-30)42-10-9-21(15-42)38-34(49)35-14-20-7-4-8-24(46)12-20/h1-8,12-13,18,21-22,27-29,32,44-48H,9-11,14-17H2,(H2,35,38,49)(H,37,39,40)/t21-,22+,27+,28-,29-,32-/m1/s1. The Hall–Kier alpha value is -5.33. The first-order valence-electron chi connectivity index (χ1n) is 16.6. The number of hydrogen-bond donors (Lipinski definition) is 8. The summed E-state index contributed by atoms with van der Waals surface area (Å²) in [5, 5.41) is 64.4. The lowest BCUT2D eigenvalue weighted by Gasteiger charge is -2.22. The Labute approximate surface area is 291 Å². The first-order chi connectivity index (χ1) is 24.8. The Bertz CT molecular complexity index is 1960. The normalized spacial score (nSPS) is 22.4. The third-order valence-electron chi connectivity index (χ3n) is 9.00. The van der Waals surface area contributed by atoms with Crippen LogP contribution < -0.4 is 20.9 Å². The molecule has 3 aromatic heterocycles. The van der Waals surface area contributed by atoms with Crippen molar-refractivity contribution in [3.63, 3.8) is 0 Å². The molecule has 268 valence electrons. The first kappa shape index (κ1) is 34.1. The fourth-order valence-electron chi connectivity index (χ4n) is 6.39. The molecule has 0 bridgehead atoms. The third kappa shape index (κ3) is 7.42. The zero-order valence-corrected chi connectivity index (χ0v) is 27.4. The summed E-state index contributed by atoms with van der Waals surface area (Å²) in [6.07, 6.45) is -2.46. The molecule has 0 unspecified atom stereocenters. The van der Waals surface area contributed by atoms with E-state index < -0.39 is 30.6 Å². The highest BCUT2D eigenvalue weighted by molar-refractivity contribution is 5.85. The molecule has 8 N–H and O–H groups in total. The van der Waals surface area contributed by atoms with E-state index in [1.807, 2.05) is 35.2 Å². The maximum atomic E-state index is 12.7. The Morgan fingerprint density at radius 2 is 1.84 bits per heavy atom. The van der Waals surface area contributed by atoms with Crippen LogP contribution in [-0.4, -0.2) is 100 Å². The van der Waals surface area contributed by atoms with Crippen molar-refractivity contribution in [1.29, 1.82) is 0 Å². The highest BCUT2D eigenvalue weighted by Gasteiger charge is 2.47. The molecule has 6 atom stereocenters. The van der Waals surface area contributed by atoms with Crippen LogP contribution in [0.5, 0.6) is 5.75 Å². The number of hydrogen-bond acceptors (Lipinski definition) is 14. The molecule has 2 aromatic carbocycles. The number of aliphatic hydroxyl groups is 4. The smallest absolute Gasteiger partial charge is 0.315 e. The molecular weight excluding hydrogens is 662 g/mol. The largest absolute Gasteiger partial charge is 0.508 e. The van der Waals surface area contributed by atoms with Crippen molar-refractivity contribution in [2.24, 2.45) is 0 Å². The molecule has 2 fully saturated rings. The van der Waals surface area contributed by atoms with E-state index in [2.05, 4.69) is 26.1 Å². The van der Waals surface area contributed by atoms with Crippen LogP contribution in [0.25, 0.3) is 11.2 Å². The lowest BCUT2D eigenvalue weighted by atomic mass is 10.1. The summed E-state index contributed by atoms with van der Waals surface area (Å²) >= 11 is 0. The van der Waals surface area contributed by atoms with Crippen LogP contribution in [0, 0.1) is 0 Å². The summed E-state index contributed by atoms with van der Waals surface area (Å²) in [7, 11) is 0. The molecule has 2 saturated heterocycles. The van der Waals surface area contributed by atoms with Crippen LogP contribution in [0.2, 0.25) is 0 Å². The van der Waals surface area contributed by atoms with Gasteiger partial charge in [-0.25, -0.2) is 9.78 Å². The number of ether oxygens (including phenoxy) is 1.